The highest BCUT2D eigenvalue weighted by molar-refractivity contribution is 6.16. The molecule has 0 aliphatic heterocycles. The summed E-state index contributed by atoms with van der Waals surface area (Å²) in [6.45, 7) is 3.51. The lowest BCUT2D eigenvalue weighted by molar-refractivity contribution is -0.879. The summed E-state index contributed by atoms with van der Waals surface area (Å²) in [4.78, 5) is 0. The van der Waals surface area contributed by atoms with Crippen LogP contribution in [0.1, 0.15) is 96.8 Å². The second kappa shape index (κ2) is 17.9. The summed E-state index contributed by atoms with van der Waals surface area (Å²) in [6, 6.07) is 0.735. The lowest BCUT2D eigenvalue weighted by Gasteiger charge is -2.26. The van der Waals surface area contributed by atoms with E-state index in [1.54, 1.807) is 0 Å². The molecule has 0 saturated carbocycles. The fourth-order valence-corrected chi connectivity index (χ4v) is 2.91. The molecule has 0 saturated heterocycles. The van der Waals surface area contributed by atoms with Crippen molar-refractivity contribution >= 4 is 11.6 Å². The van der Waals surface area contributed by atoms with E-state index in [1.165, 1.54) is 96.4 Å². The van der Waals surface area contributed by atoms with Crippen LogP contribution < -0.4 is 12.4 Å². The van der Waals surface area contributed by atoms with Gasteiger partial charge in [0.15, 0.2) is 6.00 Å². The summed E-state index contributed by atoms with van der Waals surface area (Å²) in [6.07, 6.45) is 20.0. The van der Waals surface area contributed by atoms with Gasteiger partial charge in [-0.3, -0.25) is 0 Å². The molecular formula is C19H41Cl2N. The number of rotatable bonds is 16. The van der Waals surface area contributed by atoms with Gasteiger partial charge in [-0.15, -0.1) is 0 Å². The molecule has 22 heavy (non-hydrogen) atoms. The van der Waals surface area contributed by atoms with E-state index in [-0.39, 0.29) is 12.4 Å². The maximum absolute atomic E-state index is 5.92. The van der Waals surface area contributed by atoms with Gasteiger partial charge in [0.1, 0.15) is 0 Å². The van der Waals surface area contributed by atoms with Gasteiger partial charge in [0.25, 0.3) is 0 Å². The molecule has 136 valence electrons. The van der Waals surface area contributed by atoms with Gasteiger partial charge in [0, 0.05) is 0 Å². The standard InChI is InChI=1S/C19H41ClN.ClH/c1-4-5-6-7-8-9-10-11-12-13-14-15-16-17-18-21(2,3)19-20;/h4-19H2,1-3H3;1H/q+1;/p-1. The zero-order chi connectivity index (χ0) is 15.8. The van der Waals surface area contributed by atoms with E-state index in [1.807, 2.05) is 0 Å². The molecule has 0 aliphatic carbocycles. The molecule has 0 aromatic carbocycles. The van der Waals surface area contributed by atoms with E-state index in [0.717, 1.165) is 10.5 Å². The van der Waals surface area contributed by atoms with E-state index in [0.29, 0.717) is 0 Å². The number of halogens is 2. The number of hydrogen-bond donors (Lipinski definition) is 0. The zero-order valence-corrected chi connectivity index (χ0v) is 17.0. The smallest absolute Gasteiger partial charge is 0.154 e. The molecule has 0 rings (SSSR count). The minimum Gasteiger partial charge on any atom is -1.00 e. The number of nitrogens with zero attached hydrogens (tertiary/aromatic N) is 1. The largest absolute Gasteiger partial charge is 1.00 e. The molecule has 0 aromatic heterocycles. The second-order valence-electron chi connectivity index (χ2n) is 7.38. The van der Waals surface area contributed by atoms with Gasteiger partial charge < -0.3 is 16.9 Å². The molecular weight excluding hydrogens is 313 g/mol. The van der Waals surface area contributed by atoms with Crippen molar-refractivity contribution < 1.29 is 16.9 Å². The van der Waals surface area contributed by atoms with Crippen molar-refractivity contribution in [2.75, 3.05) is 26.6 Å². The minimum atomic E-state index is 0. The van der Waals surface area contributed by atoms with Crippen molar-refractivity contribution in [1.82, 2.24) is 0 Å². The van der Waals surface area contributed by atoms with Gasteiger partial charge >= 0.3 is 0 Å². The van der Waals surface area contributed by atoms with Crippen molar-refractivity contribution in [3.63, 3.8) is 0 Å². The predicted octanol–water partition coefficient (Wildman–Crippen LogP) is 3.74. The first kappa shape index (κ1) is 24.8. The molecule has 0 spiro atoms. The quantitative estimate of drug-likeness (QED) is 0.171. The summed E-state index contributed by atoms with van der Waals surface area (Å²) >= 11 is 5.92. The van der Waals surface area contributed by atoms with Crippen LogP contribution in [0.4, 0.5) is 0 Å². The van der Waals surface area contributed by atoms with Crippen LogP contribution in [0.3, 0.4) is 0 Å². The van der Waals surface area contributed by atoms with E-state index < -0.39 is 0 Å². The van der Waals surface area contributed by atoms with Gasteiger partial charge in [-0.2, -0.15) is 0 Å². The molecule has 0 radical (unpaired) electrons. The SMILES string of the molecule is CCCCCCCCCCCCCCCC[N+](C)(C)CCl.[Cl-]. The maximum Gasteiger partial charge on any atom is 0.154 e. The Bertz CT molecular complexity index is 208. The van der Waals surface area contributed by atoms with E-state index in [2.05, 4.69) is 21.0 Å². The summed E-state index contributed by atoms with van der Waals surface area (Å²) in [7, 11) is 4.44. The van der Waals surface area contributed by atoms with Crippen LogP contribution in [-0.4, -0.2) is 31.1 Å². The normalized spacial score (nSPS) is 11.5. The Morgan fingerprint density at radius 3 is 1.23 bits per heavy atom. The third kappa shape index (κ3) is 18.6. The summed E-state index contributed by atoms with van der Waals surface area (Å²) in [5.74, 6) is 0. The van der Waals surface area contributed by atoms with Crippen molar-refractivity contribution in [3.05, 3.63) is 0 Å². The van der Waals surface area contributed by atoms with E-state index >= 15 is 0 Å². The Hall–Kier alpha value is 0.540. The van der Waals surface area contributed by atoms with Crippen LogP contribution >= 0.6 is 11.6 Å². The second-order valence-corrected chi connectivity index (χ2v) is 7.61. The molecule has 0 fully saturated rings. The average Bonchev–Trinajstić information content (AvgIpc) is 2.47. The Morgan fingerprint density at radius 1 is 0.591 bits per heavy atom. The lowest BCUT2D eigenvalue weighted by atomic mass is 10.0. The Balaban J connectivity index is 0. The summed E-state index contributed by atoms with van der Waals surface area (Å²) in [5, 5.41) is 0. The first-order valence-corrected chi connectivity index (χ1v) is 10.0. The third-order valence-corrected chi connectivity index (χ3v) is 5.09. The van der Waals surface area contributed by atoms with Gasteiger partial charge in [-0.25, -0.2) is 0 Å². The number of hydrogen-bond acceptors (Lipinski definition) is 0. The van der Waals surface area contributed by atoms with Crippen LogP contribution in [0.2, 0.25) is 0 Å². The fourth-order valence-electron chi connectivity index (χ4n) is 2.79. The van der Waals surface area contributed by atoms with Crippen molar-refractivity contribution in [3.8, 4) is 0 Å². The molecule has 1 nitrogen and oxygen atoms in total. The van der Waals surface area contributed by atoms with Gasteiger partial charge in [0.05, 0.1) is 20.6 Å². The molecule has 0 heterocycles. The number of quaternary nitrogens is 1. The van der Waals surface area contributed by atoms with Crippen LogP contribution in [0.5, 0.6) is 0 Å². The van der Waals surface area contributed by atoms with E-state index in [4.69, 9.17) is 11.6 Å². The highest BCUT2D eigenvalue weighted by atomic mass is 35.5. The summed E-state index contributed by atoms with van der Waals surface area (Å²) in [5.41, 5.74) is 0. The van der Waals surface area contributed by atoms with Crippen LogP contribution in [0, 0.1) is 0 Å². The van der Waals surface area contributed by atoms with Crippen molar-refractivity contribution in [2.24, 2.45) is 0 Å². The molecule has 0 unspecified atom stereocenters. The van der Waals surface area contributed by atoms with Crippen LogP contribution in [0.15, 0.2) is 0 Å². The monoisotopic (exact) mass is 353 g/mol. The fraction of sp³-hybridized carbons (Fsp3) is 1.00. The third-order valence-electron chi connectivity index (χ3n) is 4.44. The molecule has 0 atom stereocenters. The topological polar surface area (TPSA) is 0 Å². The van der Waals surface area contributed by atoms with E-state index in [9.17, 15) is 0 Å². The first-order valence-electron chi connectivity index (χ1n) is 9.50. The van der Waals surface area contributed by atoms with Crippen molar-refractivity contribution in [1.29, 1.82) is 0 Å². The van der Waals surface area contributed by atoms with Crippen LogP contribution in [-0.2, 0) is 0 Å². The summed E-state index contributed by atoms with van der Waals surface area (Å²) < 4.78 is 0.958. The van der Waals surface area contributed by atoms with Gasteiger partial charge in [0.2, 0.25) is 0 Å². The number of unbranched alkanes of at least 4 members (excludes halogenated alkanes) is 13. The molecule has 0 N–H and O–H groups in total. The Kier molecular flexibility index (Phi) is 20.2. The molecule has 0 aliphatic rings. The van der Waals surface area contributed by atoms with Crippen LogP contribution in [0.25, 0.3) is 0 Å². The first-order chi connectivity index (χ1) is 10.1. The van der Waals surface area contributed by atoms with Gasteiger partial charge in [-0.05, 0) is 12.8 Å². The molecule has 0 bridgehead atoms. The maximum atomic E-state index is 5.92. The highest BCUT2D eigenvalue weighted by Crippen LogP contribution is 2.13. The highest BCUT2D eigenvalue weighted by Gasteiger charge is 2.11. The van der Waals surface area contributed by atoms with Crippen molar-refractivity contribution in [2.45, 2.75) is 96.8 Å². The Labute approximate surface area is 152 Å². The molecule has 3 heteroatoms. The predicted molar refractivity (Wildman–Crippen MR) is 98.0 cm³/mol. The van der Waals surface area contributed by atoms with Gasteiger partial charge in [-0.1, -0.05) is 95.6 Å². The number of alkyl halides is 1. The Morgan fingerprint density at radius 2 is 0.909 bits per heavy atom. The zero-order valence-electron chi connectivity index (χ0n) is 15.5. The minimum absolute atomic E-state index is 0. The lowest BCUT2D eigenvalue weighted by Crippen LogP contribution is -3.00. The average molecular weight is 354 g/mol. The molecule has 0 amide bonds. The molecule has 0 aromatic rings.